The van der Waals surface area contributed by atoms with E-state index in [-0.39, 0.29) is 23.0 Å². The molecule has 0 aliphatic heterocycles. The van der Waals surface area contributed by atoms with Crippen LogP contribution in [-0.2, 0) is 6.54 Å². The molecule has 0 amide bonds. The number of rotatable bonds is 5. The Hall–Kier alpha value is -2.47. The Kier molecular flexibility index (Phi) is 4.49. The monoisotopic (exact) mass is 308 g/mol. The molecule has 6 nitrogen and oxygen atoms in total. The van der Waals surface area contributed by atoms with Crippen LogP contribution in [0, 0.1) is 10.1 Å². The SMILES string of the molecule is COc1ccc(O)c(CNc2ccc(Cl)cc2[N+](=O)[O-])c1. The van der Waals surface area contributed by atoms with Crippen molar-refractivity contribution in [2.24, 2.45) is 0 Å². The number of anilines is 1. The Bertz CT molecular complexity index is 676. The fraction of sp³-hybridized carbons (Fsp3) is 0.143. The first-order chi connectivity index (χ1) is 10.0. The summed E-state index contributed by atoms with van der Waals surface area (Å²) in [5.74, 6) is 0.676. The summed E-state index contributed by atoms with van der Waals surface area (Å²) < 4.78 is 5.08. The Morgan fingerprint density at radius 1 is 1.33 bits per heavy atom. The smallest absolute Gasteiger partial charge is 0.293 e. The molecule has 2 aromatic carbocycles. The highest BCUT2D eigenvalue weighted by molar-refractivity contribution is 6.30. The van der Waals surface area contributed by atoms with Gasteiger partial charge < -0.3 is 15.2 Å². The van der Waals surface area contributed by atoms with Crippen molar-refractivity contribution < 1.29 is 14.8 Å². The maximum atomic E-state index is 11.0. The van der Waals surface area contributed by atoms with E-state index in [0.717, 1.165) is 0 Å². The van der Waals surface area contributed by atoms with E-state index in [0.29, 0.717) is 17.0 Å². The second kappa shape index (κ2) is 6.32. The Labute approximate surface area is 126 Å². The normalized spacial score (nSPS) is 10.2. The van der Waals surface area contributed by atoms with Gasteiger partial charge in [-0.05, 0) is 30.3 Å². The lowest BCUT2D eigenvalue weighted by atomic mass is 10.1. The first kappa shape index (κ1) is 14.9. The molecule has 110 valence electrons. The summed E-state index contributed by atoms with van der Waals surface area (Å²) in [6.07, 6.45) is 0. The van der Waals surface area contributed by atoms with Crippen LogP contribution in [0.3, 0.4) is 0 Å². The predicted molar refractivity (Wildman–Crippen MR) is 80.1 cm³/mol. The van der Waals surface area contributed by atoms with Gasteiger partial charge in [-0.25, -0.2) is 0 Å². The predicted octanol–water partition coefficient (Wildman–Crippen LogP) is 3.57. The summed E-state index contributed by atoms with van der Waals surface area (Å²) in [6.45, 7) is 0.214. The zero-order chi connectivity index (χ0) is 15.4. The standard InChI is InChI=1S/C14H13ClN2O4/c1-21-11-3-5-14(18)9(6-11)8-16-12-4-2-10(15)7-13(12)17(19)20/h2-7,16,18H,8H2,1H3. The molecule has 0 atom stereocenters. The average molecular weight is 309 g/mol. The van der Waals surface area contributed by atoms with Crippen LogP contribution in [0.4, 0.5) is 11.4 Å². The number of hydrogen-bond donors (Lipinski definition) is 2. The quantitative estimate of drug-likeness (QED) is 0.651. The van der Waals surface area contributed by atoms with Crippen LogP contribution >= 0.6 is 11.6 Å². The highest BCUT2D eigenvalue weighted by Crippen LogP contribution is 2.29. The molecule has 0 heterocycles. The maximum absolute atomic E-state index is 11.0. The molecule has 0 unspecified atom stereocenters. The lowest BCUT2D eigenvalue weighted by Crippen LogP contribution is -2.03. The van der Waals surface area contributed by atoms with Crippen molar-refractivity contribution in [1.29, 1.82) is 0 Å². The number of aromatic hydroxyl groups is 1. The molecular weight excluding hydrogens is 296 g/mol. The van der Waals surface area contributed by atoms with E-state index in [1.807, 2.05) is 0 Å². The maximum Gasteiger partial charge on any atom is 0.293 e. The first-order valence-electron chi connectivity index (χ1n) is 6.05. The van der Waals surface area contributed by atoms with Crippen molar-refractivity contribution in [1.82, 2.24) is 0 Å². The number of benzene rings is 2. The van der Waals surface area contributed by atoms with Crippen LogP contribution in [0.2, 0.25) is 5.02 Å². The van der Waals surface area contributed by atoms with Crippen LogP contribution in [0.15, 0.2) is 36.4 Å². The molecule has 0 fully saturated rings. The van der Waals surface area contributed by atoms with Gasteiger partial charge in [0.1, 0.15) is 17.2 Å². The van der Waals surface area contributed by atoms with Gasteiger partial charge in [0.05, 0.1) is 12.0 Å². The summed E-state index contributed by atoms with van der Waals surface area (Å²) >= 11 is 5.75. The van der Waals surface area contributed by atoms with E-state index in [2.05, 4.69) is 5.32 Å². The molecular formula is C14H13ClN2O4. The Morgan fingerprint density at radius 2 is 2.10 bits per heavy atom. The molecule has 0 saturated carbocycles. The molecule has 2 aromatic rings. The molecule has 2 rings (SSSR count). The van der Waals surface area contributed by atoms with Gasteiger partial charge in [-0.1, -0.05) is 11.6 Å². The molecule has 7 heteroatoms. The third kappa shape index (κ3) is 3.55. The van der Waals surface area contributed by atoms with E-state index in [1.165, 1.54) is 25.3 Å². The molecule has 2 N–H and O–H groups in total. The molecule has 0 aromatic heterocycles. The van der Waals surface area contributed by atoms with Gasteiger partial charge in [0.15, 0.2) is 0 Å². The molecule has 0 radical (unpaired) electrons. The van der Waals surface area contributed by atoms with Crippen LogP contribution in [-0.4, -0.2) is 17.1 Å². The summed E-state index contributed by atoms with van der Waals surface area (Å²) in [4.78, 5) is 10.5. The van der Waals surface area contributed by atoms with E-state index in [4.69, 9.17) is 16.3 Å². The number of nitro benzene ring substituents is 1. The van der Waals surface area contributed by atoms with E-state index in [1.54, 1.807) is 18.2 Å². The van der Waals surface area contributed by atoms with E-state index in [9.17, 15) is 15.2 Å². The number of nitro groups is 1. The van der Waals surface area contributed by atoms with Crippen molar-refractivity contribution in [3.8, 4) is 11.5 Å². The third-order valence-corrected chi connectivity index (χ3v) is 3.15. The van der Waals surface area contributed by atoms with Crippen LogP contribution in [0.25, 0.3) is 0 Å². The molecule has 0 saturated heterocycles. The minimum atomic E-state index is -0.514. The van der Waals surface area contributed by atoms with Crippen molar-refractivity contribution in [2.75, 3.05) is 12.4 Å². The second-order valence-electron chi connectivity index (χ2n) is 4.27. The van der Waals surface area contributed by atoms with Crippen molar-refractivity contribution in [3.05, 3.63) is 57.1 Å². The highest BCUT2D eigenvalue weighted by Gasteiger charge is 2.14. The minimum absolute atomic E-state index is 0.0833. The van der Waals surface area contributed by atoms with Gasteiger partial charge in [-0.3, -0.25) is 10.1 Å². The van der Waals surface area contributed by atoms with Crippen molar-refractivity contribution in [2.45, 2.75) is 6.54 Å². The van der Waals surface area contributed by atoms with Crippen LogP contribution in [0.1, 0.15) is 5.56 Å². The highest BCUT2D eigenvalue weighted by atomic mass is 35.5. The van der Waals surface area contributed by atoms with Gasteiger partial charge in [0.25, 0.3) is 5.69 Å². The molecule has 0 aliphatic carbocycles. The zero-order valence-electron chi connectivity index (χ0n) is 11.2. The van der Waals surface area contributed by atoms with Gasteiger partial charge in [-0.2, -0.15) is 0 Å². The van der Waals surface area contributed by atoms with Gasteiger partial charge >= 0.3 is 0 Å². The molecule has 0 spiro atoms. The number of hydrogen-bond acceptors (Lipinski definition) is 5. The summed E-state index contributed by atoms with van der Waals surface area (Å²) in [6, 6.07) is 9.15. The fourth-order valence-corrected chi connectivity index (χ4v) is 1.99. The van der Waals surface area contributed by atoms with Crippen LogP contribution in [0.5, 0.6) is 11.5 Å². The number of halogens is 1. The summed E-state index contributed by atoms with van der Waals surface area (Å²) in [5.41, 5.74) is 0.773. The molecule has 21 heavy (non-hydrogen) atoms. The average Bonchev–Trinajstić information content (AvgIpc) is 2.47. The van der Waals surface area contributed by atoms with E-state index < -0.39 is 4.92 Å². The van der Waals surface area contributed by atoms with Gasteiger partial charge in [0, 0.05) is 23.2 Å². The van der Waals surface area contributed by atoms with Gasteiger partial charge in [-0.15, -0.1) is 0 Å². The lowest BCUT2D eigenvalue weighted by molar-refractivity contribution is -0.383. The summed E-state index contributed by atoms with van der Waals surface area (Å²) in [7, 11) is 1.52. The number of methoxy groups -OCH3 is 1. The number of nitrogens with zero attached hydrogens (tertiary/aromatic N) is 1. The van der Waals surface area contributed by atoms with Crippen molar-refractivity contribution in [3.63, 3.8) is 0 Å². The number of nitrogens with one attached hydrogen (secondary N) is 1. The topological polar surface area (TPSA) is 84.6 Å². The fourth-order valence-electron chi connectivity index (χ4n) is 1.83. The number of phenols is 1. The largest absolute Gasteiger partial charge is 0.508 e. The number of ether oxygens (including phenoxy) is 1. The third-order valence-electron chi connectivity index (χ3n) is 2.91. The first-order valence-corrected chi connectivity index (χ1v) is 6.42. The van der Waals surface area contributed by atoms with Crippen LogP contribution < -0.4 is 10.1 Å². The minimum Gasteiger partial charge on any atom is -0.508 e. The molecule has 0 bridgehead atoms. The lowest BCUT2D eigenvalue weighted by Gasteiger charge is -2.10. The number of phenolic OH excluding ortho intramolecular Hbond substituents is 1. The zero-order valence-corrected chi connectivity index (χ0v) is 11.9. The molecule has 0 aliphatic rings. The van der Waals surface area contributed by atoms with Crippen molar-refractivity contribution >= 4 is 23.0 Å². The van der Waals surface area contributed by atoms with Gasteiger partial charge in [0.2, 0.25) is 0 Å². The Balaban J connectivity index is 2.22. The summed E-state index contributed by atoms with van der Waals surface area (Å²) in [5, 5.41) is 24.0. The van der Waals surface area contributed by atoms with E-state index >= 15 is 0 Å². The second-order valence-corrected chi connectivity index (χ2v) is 4.70. The Morgan fingerprint density at radius 3 is 2.76 bits per heavy atom.